The normalized spacial score (nSPS) is 21.9. The van der Waals surface area contributed by atoms with Crippen molar-refractivity contribution in [2.75, 3.05) is 43.9 Å². The fourth-order valence-electron chi connectivity index (χ4n) is 3.47. The van der Waals surface area contributed by atoms with Gasteiger partial charge in [-0.2, -0.15) is 11.8 Å². The third kappa shape index (κ3) is 4.81. The zero-order valence-corrected chi connectivity index (χ0v) is 16.6. The first kappa shape index (κ1) is 18.4. The summed E-state index contributed by atoms with van der Waals surface area (Å²) in [5.74, 6) is 4.01. The van der Waals surface area contributed by atoms with Crippen LogP contribution < -0.4 is 10.2 Å². The Kier molecular flexibility index (Phi) is 6.45. The summed E-state index contributed by atoms with van der Waals surface area (Å²) in [6, 6.07) is 4.32. The van der Waals surface area contributed by atoms with Crippen molar-refractivity contribution in [3.8, 4) is 0 Å². The van der Waals surface area contributed by atoms with Crippen LogP contribution in [-0.2, 0) is 6.54 Å². The first-order valence-corrected chi connectivity index (χ1v) is 10.5. The molecule has 2 saturated heterocycles. The molecule has 0 aromatic carbocycles. The summed E-state index contributed by atoms with van der Waals surface area (Å²) in [6.07, 6.45) is 4.49. The maximum atomic E-state index is 4.54. The SMILES string of the molecule is CN=C(NCc1ccnc(N2CCCC2)c1)N1CCSC(C(C)C)C1. The Morgan fingerprint density at radius 1 is 1.36 bits per heavy atom. The lowest BCUT2D eigenvalue weighted by Gasteiger charge is -2.36. The van der Waals surface area contributed by atoms with E-state index >= 15 is 0 Å². The van der Waals surface area contributed by atoms with Crippen molar-refractivity contribution in [3.63, 3.8) is 0 Å². The van der Waals surface area contributed by atoms with Gasteiger partial charge in [0.05, 0.1) is 0 Å². The molecule has 0 saturated carbocycles. The number of aliphatic imine (C=N–C) groups is 1. The van der Waals surface area contributed by atoms with Crippen molar-refractivity contribution in [1.29, 1.82) is 0 Å². The van der Waals surface area contributed by atoms with Crippen molar-refractivity contribution >= 4 is 23.5 Å². The standard InChI is InChI=1S/C19H31N5S/c1-15(2)17-14-24(10-11-25-17)19(20-3)22-13-16-6-7-21-18(12-16)23-8-4-5-9-23/h6-7,12,15,17H,4-5,8-11,13-14H2,1-3H3,(H,20,22). The molecule has 2 aliphatic heterocycles. The molecule has 2 fully saturated rings. The minimum Gasteiger partial charge on any atom is -0.357 e. The van der Waals surface area contributed by atoms with Crippen LogP contribution in [0.25, 0.3) is 0 Å². The minimum atomic E-state index is 0.690. The molecule has 1 aromatic heterocycles. The Bertz CT molecular complexity index is 583. The van der Waals surface area contributed by atoms with Gasteiger partial charge in [-0.1, -0.05) is 13.8 Å². The highest BCUT2D eigenvalue weighted by atomic mass is 32.2. The zero-order chi connectivity index (χ0) is 17.6. The fraction of sp³-hybridized carbons (Fsp3) is 0.684. The van der Waals surface area contributed by atoms with Crippen molar-refractivity contribution < 1.29 is 0 Å². The lowest BCUT2D eigenvalue weighted by Crippen LogP contribution is -2.48. The largest absolute Gasteiger partial charge is 0.357 e. The van der Waals surface area contributed by atoms with E-state index < -0.39 is 0 Å². The van der Waals surface area contributed by atoms with E-state index in [9.17, 15) is 0 Å². The van der Waals surface area contributed by atoms with Crippen molar-refractivity contribution in [2.24, 2.45) is 10.9 Å². The third-order valence-electron chi connectivity index (χ3n) is 5.04. The van der Waals surface area contributed by atoms with Crippen LogP contribution in [0.4, 0.5) is 5.82 Å². The number of guanidine groups is 1. The number of anilines is 1. The van der Waals surface area contributed by atoms with Crippen LogP contribution in [0.3, 0.4) is 0 Å². The van der Waals surface area contributed by atoms with Gasteiger partial charge in [0.25, 0.3) is 0 Å². The fourth-order valence-corrected chi connectivity index (χ4v) is 4.77. The predicted molar refractivity (Wildman–Crippen MR) is 109 cm³/mol. The molecular formula is C19H31N5S. The molecule has 1 atom stereocenters. The van der Waals surface area contributed by atoms with Crippen LogP contribution in [-0.4, -0.2) is 60.1 Å². The van der Waals surface area contributed by atoms with Gasteiger partial charge in [0.1, 0.15) is 5.82 Å². The summed E-state index contributed by atoms with van der Waals surface area (Å²) in [5, 5.41) is 4.24. The summed E-state index contributed by atoms with van der Waals surface area (Å²) in [7, 11) is 1.89. The molecule has 1 aromatic rings. The van der Waals surface area contributed by atoms with Gasteiger partial charge in [0, 0.05) is 57.0 Å². The highest BCUT2D eigenvalue weighted by molar-refractivity contribution is 8.00. The molecule has 138 valence electrons. The zero-order valence-electron chi connectivity index (χ0n) is 15.7. The Hall–Kier alpha value is -1.43. The second-order valence-corrected chi connectivity index (χ2v) is 8.56. The molecule has 0 spiro atoms. The quantitative estimate of drug-likeness (QED) is 0.660. The molecule has 2 aliphatic rings. The summed E-state index contributed by atoms with van der Waals surface area (Å²) in [6.45, 7) is 9.84. The molecule has 5 nitrogen and oxygen atoms in total. The molecule has 0 aliphatic carbocycles. The van der Waals surface area contributed by atoms with E-state index in [0.717, 1.165) is 44.5 Å². The van der Waals surface area contributed by atoms with Crippen molar-refractivity contribution in [3.05, 3.63) is 23.9 Å². The first-order valence-electron chi connectivity index (χ1n) is 9.44. The number of pyridine rings is 1. The molecule has 1 N–H and O–H groups in total. The molecule has 0 radical (unpaired) electrons. The van der Waals surface area contributed by atoms with Gasteiger partial charge in [-0.25, -0.2) is 4.98 Å². The Balaban J connectivity index is 1.58. The van der Waals surface area contributed by atoms with Crippen LogP contribution in [0.15, 0.2) is 23.3 Å². The second-order valence-electron chi connectivity index (χ2n) is 7.22. The van der Waals surface area contributed by atoms with Crippen molar-refractivity contribution in [2.45, 2.75) is 38.5 Å². The number of aromatic nitrogens is 1. The van der Waals surface area contributed by atoms with E-state index in [4.69, 9.17) is 0 Å². The predicted octanol–water partition coefficient (Wildman–Crippen LogP) is 2.83. The van der Waals surface area contributed by atoms with Gasteiger partial charge in [0.15, 0.2) is 5.96 Å². The Morgan fingerprint density at radius 3 is 2.88 bits per heavy atom. The molecule has 3 heterocycles. The number of hydrogen-bond donors (Lipinski definition) is 1. The molecule has 6 heteroatoms. The average Bonchev–Trinajstić information content (AvgIpc) is 3.17. The minimum absolute atomic E-state index is 0.690. The molecule has 3 rings (SSSR count). The molecule has 0 bridgehead atoms. The third-order valence-corrected chi connectivity index (χ3v) is 6.58. The van der Waals surface area contributed by atoms with Crippen LogP contribution in [0.2, 0.25) is 0 Å². The van der Waals surface area contributed by atoms with Crippen LogP contribution >= 0.6 is 11.8 Å². The van der Waals surface area contributed by atoms with Gasteiger partial charge in [0.2, 0.25) is 0 Å². The monoisotopic (exact) mass is 361 g/mol. The van der Waals surface area contributed by atoms with Crippen LogP contribution in [0.1, 0.15) is 32.3 Å². The maximum absolute atomic E-state index is 4.54. The van der Waals surface area contributed by atoms with E-state index in [1.807, 2.05) is 13.2 Å². The lowest BCUT2D eigenvalue weighted by molar-refractivity contribution is 0.380. The molecular weight excluding hydrogens is 330 g/mol. The van der Waals surface area contributed by atoms with Crippen molar-refractivity contribution in [1.82, 2.24) is 15.2 Å². The van der Waals surface area contributed by atoms with Crippen LogP contribution in [0.5, 0.6) is 0 Å². The molecule has 0 amide bonds. The van der Waals surface area contributed by atoms with Gasteiger partial charge in [-0.05, 0) is 36.5 Å². The summed E-state index contributed by atoms with van der Waals surface area (Å²) < 4.78 is 0. The van der Waals surface area contributed by atoms with Crippen LogP contribution in [0, 0.1) is 5.92 Å². The number of thioether (sulfide) groups is 1. The van der Waals surface area contributed by atoms with Gasteiger partial charge < -0.3 is 15.1 Å². The van der Waals surface area contributed by atoms with E-state index in [1.54, 1.807) is 0 Å². The lowest BCUT2D eigenvalue weighted by atomic mass is 10.1. The summed E-state index contributed by atoms with van der Waals surface area (Å²) in [5.41, 5.74) is 1.27. The van der Waals surface area contributed by atoms with E-state index in [2.05, 4.69) is 62.8 Å². The summed E-state index contributed by atoms with van der Waals surface area (Å²) >= 11 is 2.10. The topological polar surface area (TPSA) is 43.8 Å². The number of hydrogen-bond acceptors (Lipinski definition) is 4. The second kappa shape index (κ2) is 8.79. The Labute approximate surface area is 156 Å². The highest BCUT2D eigenvalue weighted by Crippen LogP contribution is 2.25. The van der Waals surface area contributed by atoms with Gasteiger partial charge in [-0.15, -0.1) is 0 Å². The number of rotatable bonds is 4. The van der Waals surface area contributed by atoms with Gasteiger partial charge >= 0.3 is 0 Å². The highest BCUT2D eigenvalue weighted by Gasteiger charge is 2.24. The van der Waals surface area contributed by atoms with E-state index in [-0.39, 0.29) is 0 Å². The first-order chi connectivity index (χ1) is 12.2. The summed E-state index contributed by atoms with van der Waals surface area (Å²) in [4.78, 5) is 13.8. The van der Waals surface area contributed by atoms with E-state index in [0.29, 0.717) is 11.2 Å². The number of nitrogens with one attached hydrogen (secondary N) is 1. The molecule has 25 heavy (non-hydrogen) atoms. The maximum Gasteiger partial charge on any atom is 0.193 e. The number of nitrogens with zero attached hydrogens (tertiary/aromatic N) is 4. The Morgan fingerprint density at radius 2 is 2.16 bits per heavy atom. The van der Waals surface area contributed by atoms with E-state index in [1.165, 1.54) is 24.2 Å². The smallest absolute Gasteiger partial charge is 0.193 e. The average molecular weight is 362 g/mol. The molecule has 1 unspecified atom stereocenters. The van der Waals surface area contributed by atoms with Gasteiger partial charge in [-0.3, -0.25) is 4.99 Å².